The summed E-state index contributed by atoms with van der Waals surface area (Å²) in [7, 11) is 0. The van der Waals surface area contributed by atoms with E-state index in [0.29, 0.717) is 16.7 Å². The molecule has 2 aliphatic heterocycles. The van der Waals surface area contributed by atoms with E-state index in [9.17, 15) is 19.2 Å². The number of carbonyl (C=O) groups is 4. The van der Waals surface area contributed by atoms with Crippen molar-refractivity contribution in [3.8, 4) is 0 Å². The van der Waals surface area contributed by atoms with Crippen molar-refractivity contribution in [1.82, 2.24) is 15.5 Å². The summed E-state index contributed by atoms with van der Waals surface area (Å²) in [6.45, 7) is 1.56. The zero-order valence-electron chi connectivity index (χ0n) is 16.2. The predicted octanol–water partition coefficient (Wildman–Crippen LogP) is 2.15. The molecule has 0 saturated carbocycles. The van der Waals surface area contributed by atoms with Crippen LogP contribution < -0.4 is 10.6 Å². The molecule has 152 valence electrons. The Hall–Kier alpha value is -3.94. The second-order valence-corrected chi connectivity index (χ2v) is 6.80. The first kappa shape index (κ1) is 19.4. The molecule has 2 aromatic rings. The van der Waals surface area contributed by atoms with E-state index in [1.807, 2.05) is 6.07 Å². The fourth-order valence-corrected chi connectivity index (χ4v) is 3.63. The molecule has 1 atom stereocenters. The fourth-order valence-electron chi connectivity index (χ4n) is 3.63. The molecule has 2 aromatic carbocycles. The molecule has 2 heterocycles. The van der Waals surface area contributed by atoms with Gasteiger partial charge in [0.15, 0.2) is 0 Å². The van der Waals surface area contributed by atoms with E-state index in [0.717, 1.165) is 4.90 Å². The highest BCUT2D eigenvalue weighted by molar-refractivity contribution is 6.21. The van der Waals surface area contributed by atoms with E-state index in [1.54, 1.807) is 55.5 Å². The van der Waals surface area contributed by atoms with Gasteiger partial charge in [-0.05, 0) is 24.6 Å². The zero-order valence-corrected chi connectivity index (χ0v) is 16.2. The first-order chi connectivity index (χ1) is 14.5. The highest BCUT2D eigenvalue weighted by Crippen LogP contribution is 2.30. The molecule has 2 aliphatic rings. The Bertz CT molecular complexity index is 1040. The van der Waals surface area contributed by atoms with Gasteiger partial charge in [0.2, 0.25) is 0 Å². The Morgan fingerprint density at radius 1 is 0.967 bits per heavy atom. The van der Waals surface area contributed by atoms with Gasteiger partial charge in [0, 0.05) is 0 Å². The molecule has 4 rings (SSSR count). The summed E-state index contributed by atoms with van der Waals surface area (Å²) in [5, 5.41) is 5.30. The number of nitrogens with one attached hydrogen (secondary N) is 2. The van der Waals surface area contributed by atoms with Crippen LogP contribution in [0.4, 0.5) is 4.79 Å². The Kier molecular flexibility index (Phi) is 5.05. The van der Waals surface area contributed by atoms with Crippen LogP contribution in [0.25, 0.3) is 0 Å². The third kappa shape index (κ3) is 3.32. The lowest BCUT2D eigenvalue weighted by molar-refractivity contribution is -0.139. The first-order valence-electron chi connectivity index (χ1n) is 9.49. The number of fused-ring (bicyclic) bond motifs is 1. The maximum atomic E-state index is 12.8. The summed E-state index contributed by atoms with van der Waals surface area (Å²) < 4.78 is 5.20. The average molecular weight is 405 g/mol. The lowest BCUT2D eigenvalue weighted by Crippen LogP contribution is -2.49. The second kappa shape index (κ2) is 7.82. The van der Waals surface area contributed by atoms with Crippen LogP contribution in [0.5, 0.6) is 0 Å². The van der Waals surface area contributed by atoms with Crippen molar-refractivity contribution in [3.63, 3.8) is 0 Å². The molecule has 8 nitrogen and oxygen atoms in total. The minimum absolute atomic E-state index is 0.137. The number of ether oxygens (including phenoxy) is 1. The van der Waals surface area contributed by atoms with Gasteiger partial charge < -0.3 is 15.4 Å². The summed E-state index contributed by atoms with van der Waals surface area (Å²) in [5.74, 6) is -1.59. The molecular weight excluding hydrogens is 386 g/mol. The average Bonchev–Trinajstić information content (AvgIpc) is 2.99. The quantitative estimate of drug-likeness (QED) is 0.586. The number of nitrogens with zero attached hydrogens (tertiary/aromatic N) is 1. The standard InChI is InChI=1S/C22H19N3O5/c1-2-30-21(28)17-16(23-22(29)24-18(17)13-8-4-3-5-9-13)12-25-19(26)14-10-6-7-11-15(14)20(25)27/h3-11,18H,2,12H2,1H3,(H2,23,24,29)/t18-/m0/s1. The van der Waals surface area contributed by atoms with Gasteiger partial charge in [-0.15, -0.1) is 0 Å². The van der Waals surface area contributed by atoms with Gasteiger partial charge in [-0.2, -0.15) is 0 Å². The number of esters is 1. The molecule has 0 aromatic heterocycles. The van der Waals surface area contributed by atoms with E-state index in [2.05, 4.69) is 10.6 Å². The summed E-state index contributed by atoms with van der Waals surface area (Å²) in [6.07, 6.45) is 0. The summed E-state index contributed by atoms with van der Waals surface area (Å²) >= 11 is 0. The summed E-state index contributed by atoms with van der Waals surface area (Å²) in [6, 6.07) is 14.1. The fraction of sp³-hybridized carbons (Fsp3) is 0.182. The van der Waals surface area contributed by atoms with Crippen LogP contribution in [0.2, 0.25) is 0 Å². The lowest BCUT2D eigenvalue weighted by Gasteiger charge is -2.30. The van der Waals surface area contributed by atoms with Gasteiger partial charge in [-0.1, -0.05) is 42.5 Å². The van der Waals surface area contributed by atoms with Gasteiger partial charge in [0.05, 0.1) is 41.6 Å². The number of hydrogen-bond donors (Lipinski definition) is 2. The largest absolute Gasteiger partial charge is 0.463 e. The highest BCUT2D eigenvalue weighted by Gasteiger charge is 2.39. The van der Waals surface area contributed by atoms with Crippen molar-refractivity contribution in [2.75, 3.05) is 13.2 Å². The van der Waals surface area contributed by atoms with Crippen LogP contribution >= 0.6 is 0 Å². The third-order valence-corrected chi connectivity index (χ3v) is 4.98. The molecule has 0 unspecified atom stereocenters. The van der Waals surface area contributed by atoms with E-state index in [1.165, 1.54) is 0 Å². The van der Waals surface area contributed by atoms with Gasteiger partial charge >= 0.3 is 12.0 Å². The molecule has 0 saturated heterocycles. The van der Waals surface area contributed by atoms with E-state index >= 15 is 0 Å². The number of benzene rings is 2. The number of urea groups is 1. The number of hydrogen-bond acceptors (Lipinski definition) is 5. The molecule has 0 radical (unpaired) electrons. The van der Waals surface area contributed by atoms with Crippen LogP contribution in [0.15, 0.2) is 65.9 Å². The SMILES string of the molecule is CCOC(=O)C1=C(CN2C(=O)c3ccccc3C2=O)NC(=O)N[C@H]1c1ccccc1. The molecule has 4 amide bonds. The molecule has 0 fully saturated rings. The topological polar surface area (TPSA) is 105 Å². The second-order valence-electron chi connectivity index (χ2n) is 6.80. The highest BCUT2D eigenvalue weighted by atomic mass is 16.5. The Balaban J connectivity index is 1.76. The normalized spacial score (nSPS) is 18.1. The van der Waals surface area contributed by atoms with Crippen LogP contribution in [0, 0.1) is 0 Å². The van der Waals surface area contributed by atoms with Crippen molar-refractivity contribution < 1.29 is 23.9 Å². The van der Waals surface area contributed by atoms with E-state index < -0.39 is 29.9 Å². The molecule has 8 heteroatoms. The van der Waals surface area contributed by atoms with Crippen LogP contribution in [0.1, 0.15) is 39.2 Å². The van der Waals surface area contributed by atoms with Gasteiger partial charge in [-0.25, -0.2) is 9.59 Å². The third-order valence-electron chi connectivity index (χ3n) is 4.98. The van der Waals surface area contributed by atoms with Crippen LogP contribution in [-0.4, -0.2) is 41.9 Å². The van der Waals surface area contributed by atoms with E-state index in [4.69, 9.17) is 4.74 Å². The molecular formula is C22H19N3O5. The zero-order chi connectivity index (χ0) is 21.3. The number of amides is 4. The van der Waals surface area contributed by atoms with Gasteiger partial charge in [-0.3, -0.25) is 14.5 Å². The first-order valence-corrected chi connectivity index (χ1v) is 9.49. The molecule has 30 heavy (non-hydrogen) atoms. The van der Waals surface area contributed by atoms with Crippen molar-refractivity contribution in [2.24, 2.45) is 0 Å². The molecule has 0 bridgehead atoms. The predicted molar refractivity (Wildman–Crippen MR) is 106 cm³/mol. The minimum atomic E-state index is -0.774. The Morgan fingerprint density at radius 2 is 1.57 bits per heavy atom. The van der Waals surface area contributed by atoms with Crippen LogP contribution in [0.3, 0.4) is 0 Å². The maximum Gasteiger partial charge on any atom is 0.338 e. The van der Waals surface area contributed by atoms with Gasteiger partial charge in [0.1, 0.15) is 0 Å². The lowest BCUT2D eigenvalue weighted by atomic mass is 9.95. The Morgan fingerprint density at radius 3 is 2.17 bits per heavy atom. The number of rotatable bonds is 5. The molecule has 2 N–H and O–H groups in total. The smallest absolute Gasteiger partial charge is 0.338 e. The van der Waals surface area contributed by atoms with E-state index in [-0.39, 0.29) is 24.4 Å². The molecule has 0 spiro atoms. The van der Waals surface area contributed by atoms with Crippen molar-refractivity contribution in [2.45, 2.75) is 13.0 Å². The van der Waals surface area contributed by atoms with Crippen molar-refractivity contribution in [1.29, 1.82) is 0 Å². The summed E-state index contributed by atoms with van der Waals surface area (Å²) in [5.41, 5.74) is 1.57. The number of imide groups is 1. The Labute approximate surface area is 172 Å². The monoisotopic (exact) mass is 405 g/mol. The summed E-state index contributed by atoms with van der Waals surface area (Å²) in [4.78, 5) is 51.7. The van der Waals surface area contributed by atoms with Gasteiger partial charge in [0.25, 0.3) is 11.8 Å². The van der Waals surface area contributed by atoms with Crippen molar-refractivity contribution in [3.05, 3.63) is 82.6 Å². The number of carbonyl (C=O) groups excluding carboxylic acids is 4. The van der Waals surface area contributed by atoms with Crippen LogP contribution in [-0.2, 0) is 9.53 Å². The molecule has 0 aliphatic carbocycles. The maximum absolute atomic E-state index is 12.8. The minimum Gasteiger partial charge on any atom is -0.463 e. The van der Waals surface area contributed by atoms with Crippen molar-refractivity contribution >= 4 is 23.8 Å².